The molecule has 1 fully saturated rings. The third-order valence-electron chi connectivity index (χ3n) is 6.06. The maximum atomic E-state index is 12.7. The largest absolute Gasteiger partial charge is 0.497 e. The minimum Gasteiger partial charge on any atom is -0.497 e. The van der Waals surface area contributed by atoms with Gasteiger partial charge < -0.3 is 14.2 Å². The van der Waals surface area contributed by atoms with E-state index in [0.717, 1.165) is 72.1 Å². The second-order valence-electron chi connectivity index (χ2n) is 8.05. The molecule has 0 spiro atoms. The maximum Gasteiger partial charge on any atom is 0.226 e. The first kappa shape index (κ1) is 21.1. The van der Waals surface area contributed by atoms with Crippen molar-refractivity contribution in [2.45, 2.75) is 45.4 Å². The van der Waals surface area contributed by atoms with E-state index in [4.69, 9.17) is 14.2 Å². The van der Waals surface area contributed by atoms with Gasteiger partial charge in [-0.15, -0.1) is 0 Å². The van der Waals surface area contributed by atoms with Crippen molar-refractivity contribution in [2.24, 2.45) is 0 Å². The van der Waals surface area contributed by atoms with Crippen LogP contribution < -0.4 is 4.74 Å². The van der Waals surface area contributed by atoms with Gasteiger partial charge in [0.15, 0.2) is 0 Å². The summed E-state index contributed by atoms with van der Waals surface area (Å²) in [6, 6.07) is 13.9. The summed E-state index contributed by atoms with van der Waals surface area (Å²) in [5.74, 6) is 2.22. The Hall–Kier alpha value is -3.15. The second-order valence-corrected chi connectivity index (χ2v) is 8.05. The summed E-state index contributed by atoms with van der Waals surface area (Å²) < 4.78 is 10.6. The molecule has 4 rings (SSSR count). The van der Waals surface area contributed by atoms with Crippen molar-refractivity contribution in [3.8, 4) is 17.0 Å². The van der Waals surface area contributed by atoms with Crippen molar-refractivity contribution in [3.05, 3.63) is 65.2 Å². The van der Waals surface area contributed by atoms with Crippen LogP contribution in [0.2, 0.25) is 0 Å². The van der Waals surface area contributed by atoms with E-state index in [-0.39, 0.29) is 5.91 Å². The zero-order chi connectivity index (χ0) is 21.8. The Morgan fingerprint density at radius 3 is 2.58 bits per heavy atom. The van der Waals surface area contributed by atoms with Gasteiger partial charge in [-0.3, -0.25) is 9.78 Å². The Morgan fingerprint density at radius 2 is 1.90 bits per heavy atom. The predicted octanol–water partition coefficient (Wildman–Crippen LogP) is 4.56. The lowest BCUT2D eigenvalue weighted by atomic mass is 9.92. The first-order valence-electron chi connectivity index (χ1n) is 10.9. The topological polar surface area (TPSA) is 68.5 Å². The Balaban J connectivity index is 1.39. The van der Waals surface area contributed by atoms with E-state index >= 15 is 0 Å². The molecular weight excluding hydrogens is 390 g/mol. The van der Waals surface area contributed by atoms with Crippen LogP contribution in [0.5, 0.6) is 5.75 Å². The van der Waals surface area contributed by atoms with Gasteiger partial charge in [0.2, 0.25) is 5.91 Å². The number of aryl methyl sites for hydroxylation is 2. The molecule has 1 aliphatic rings. The molecule has 1 saturated heterocycles. The number of hydrogen-bond donors (Lipinski definition) is 0. The molecule has 3 aromatic rings. The molecule has 6 nitrogen and oxygen atoms in total. The van der Waals surface area contributed by atoms with Crippen LogP contribution in [-0.2, 0) is 17.6 Å². The number of carbonyl (C=O) groups excluding carboxylic acids is 1. The summed E-state index contributed by atoms with van der Waals surface area (Å²) in [7, 11) is 1.64. The summed E-state index contributed by atoms with van der Waals surface area (Å²) in [6.45, 7) is 5.54. The number of amides is 1. The normalized spacial score (nSPS) is 14.6. The van der Waals surface area contributed by atoms with Crippen molar-refractivity contribution in [3.63, 3.8) is 0 Å². The van der Waals surface area contributed by atoms with E-state index in [9.17, 15) is 4.79 Å². The monoisotopic (exact) mass is 419 g/mol. The Labute approximate surface area is 183 Å². The fraction of sp³-hybridized carbons (Fsp3) is 0.400. The average molecular weight is 420 g/mol. The Morgan fingerprint density at radius 1 is 1.16 bits per heavy atom. The van der Waals surface area contributed by atoms with Crippen LogP contribution >= 0.6 is 0 Å². The predicted molar refractivity (Wildman–Crippen MR) is 119 cm³/mol. The van der Waals surface area contributed by atoms with Crippen LogP contribution in [0.25, 0.3) is 11.3 Å². The number of ether oxygens (including phenoxy) is 1. The number of hydrogen-bond acceptors (Lipinski definition) is 5. The van der Waals surface area contributed by atoms with Crippen molar-refractivity contribution in [2.75, 3.05) is 20.2 Å². The molecule has 162 valence electrons. The van der Waals surface area contributed by atoms with E-state index in [2.05, 4.69) is 24.2 Å². The van der Waals surface area contributed by atoms with Gasteiger partial charge in [0.25, 0.3) is 0 Å². The number of methoxy groups -OCH3 is 1. The molecule has 0 atom stereocenters. The molecule has 2 aromatic heterocycles. The molecule has 6 heteroatoms. The van der Waals surface area contributed by atoms with Crippen LogP contribution in [0.4, 0.5) is 0 Å². The summed E-state index contributed by atoms with van der Waals surface area (Å²) >= 11 is 0. The zero-order valence-corrected chi connectivity index (χ0v) is 18.4. The van der Waals surface area contributed by atoms with Crippen LogP contribution in [0, 0.1) is 6.92 Å². The van der Waals surface area contributed by atoms with Gasteiger partial charge in [0, 0.05) is 31.1 Å². The third kappa shape index (κ3) is 4.63. The molecule has 31 heavy (non-hydrogen) atoms. The first-order chi connectivity index (χ1) is 15.1. The number of rotatable bonds is 6. The highest BCUT2D eigenvalue weighted by Crippen LogP contribution is 2.31. The van der Waals surface area contributed by atoms with Gasteiger partial charge in [-0.1, -0.05) is 30.3 Å². The van der Waals surface area contributed by atoms with Crippen LogP contribution in [0.15, 0.2) is 47.0 Å². The lowest BCUT2D eigenvalue weighted by molar-refractivity contribution is -0.131. The van der Waals surface area contributed by atoms with Gasteiger partial charge in [-0.25, -0.2) is 0 Å². The highest BCUT2D eigenvalue weighted by Gasteiger charge is 2.25. The van der Waals surface area contributed by atoms with Crippen LogP contribution in [-0.4, -0.2) is 41.1 Å². The molecule has 1 aromatic carbocycles. The van der Waals surface area contributed by atoms with E-state index in [1.54, 1.807) is 7.11 Å². The number of piperidine rings is 1. The molecule has 0 aliphatic carbocycles. The standard InChI is InChI=1S/C25H29N3O3/c1-4-23-25(17(2)27-31-23)22-7-5-6-21(26-22)19-12-14-28(15-13-19)24(29)16-18-8-10-20(30-3)11-9-18/h5-11,19H,4,12-16H2,1-3H3. The number of likely N-dealkylation sites (tertiary alicyclic amines) is 1. The van der Waals surface area contributed by atoms with Gasteiger partial charge in [-0.05, 0) is 49.6 Å². The summed E-state index contributed by atoms with van der Waals surface area (Å²) in [6.07, 6.45) is 3.06. The van der Waals surface area contributed by atoms with Crippen molar-refractivity contribution in [1.29, 1.82) is 0 Å². The Kier molecular flexibility index (Phi) is 6.35. The van der Waals surface area contributed by atoms with Gasteiger partial charge in [-0.2, -0.15) is 0 Å². The molecule has 0 unspecified atom stereocenters. The summed E-state index contributed by atoms with van der Waals surface area (Å²) in [5.41, 5.74) is 4.91. The first-order valence-corrected chi connectivity index (χ1v) is 10.9. The highest BCUT2D eigenvalue weighted by molar-refractivity contribution is 5.79. The maximum absolute atomic E-state index is 12.7. The molecular formula is C25H29N3O3. The summed E-state index contributed by atoms with van der Waals surface area (Å²) in [5, 5.41) is 4.11. The lowest BCUT2D eigenvalue weighted by Gasteiger charge is -2.32. The second kappa shape index (κ2) is 9.33. The van der Waals surface area contributed by atoms with E-state index in [1.165, 1.54) is 0 Å². The smallest absolute Gasteiger partial charge is 0.226 e. The van der Waals surface area contributed by atoms with Crippen molar-refractivity contribution >= 4 is 5.91 Å². The van der Waals surface area contributed by atoms with Crippen molar-refractivity contribution in [1.82, 2.24) is 15.0 Å². The molecule has 0 radical (unpaired) electrons. The molecule has 0 saturated carbocycles. The number of pyridine rings is 1. The molecule has 1 aliphatic heterocycles. The van der Waals surface area contributed by atoms with Gasteiger partial charge in [0.05, 0.1) is 30.5 Å². The zero-order valence-electron chi connectivity index (χ0n) is 18.4. The van der Waals surface area contributed by atoms with Gasteiger partial charge in [0.1, 0.15) is 11.5 Å². The quantitative estimate of drug-likeness (QED) is 0.586. The van der Waals surface area contributed by atoms with Crippen molar-refractivity contribution < 1.29 is 14.1 Å². The molecule has 0 bridgehead atoms. The van der Waals surface area contributed by atoms with E-state index in [1.807, 2.05) is 42.2 Å². The minimum absolute atomic E-state index is 0.179. The molecule has 1 amide bonds. The van der Waals surface area contributed by atoms with Crippen LogP contribution in [0.1, 0.15) is 48.4 Å². The Bertz CT molecular complexity index is 1030. The fourth-order valence-corrected chi connectivity index (χ4v) is 4.26. The minimum atomic E-state index is 0.179. The number of carbonyl (C=O) groups is 1. The summed E-state index contributed by atoms with van der Waals surface area (Å²) in [4.78, 5) is 19.7. The lowest BCUT2D eigenvalue weighted by Crippen LogP contribution is -2.38. The molecule has 0 N–H and O–H groups in total. The number of benzene rings is 1. The molecule has 3 heterocycles. The van der Waals surface area contributed by atoms with E-state index in [0.29, 0.717) is 12.3 Å². The highest BCUT2D eigenvalue weighted by atomic mass is 16.5. The SMILES string of the molecule is CCc1onc(C)c1-c1cccc(C2CCN(C(=O)Cc3ccc(OC)cc3)CC2)n1. The average Bonchev–Trinajstić information content (AvgIpc) is 3.20. The van der Waals surface area contributed by atoms with Crippen LogP contribution in [0.3, 0.4) is 0 Å². The van der Waals surface area contributed by atoms with Gasteiger partial charge >= 0.3 is 0 Å². The fourth-order valence-electron chi connectivity index (χ4n) is 4.26. The number of nitrogens with zero attached hydrogens (tertiary/aromatic N) is 3. The number of aromatic nitrogens is 2. The third-order valence-corrected chi connectivity index (χ3v) is 6.06. The van der Waals surface area contributed by atoms with E-state index < -0.39 is 0 Å².